The molecule has 1 aliphatic heterocycles. The van der Waals surface area contributed by atoms with Crippen molar-refractivity contribution in [3.05, 3.63) is 22.7 Å². The van der Waals surface area contributed by atoms with Gasteiger partial charge in [0.05, 0.1) is 23.8 Å². The highest BCUT2D eigenvalue weighted by Crippen LogP contribution is 2.38. The van der Waals surface area contributed by atoms with E-state index < -0.39 is 5.97 Å². The minimum atomic E-state index is -0.616. The number of amides is 1. The van der Waals surface area contributed by atoms with Crippen LogP contribution in [0.25, 0.3) is 0 Å². The second kappa shape index (κ2) is 8.62. The monoisotopic (exact) mass is 381 g/mol. The zero-order valence-corrected chi connectivity index (χ0v) is 15.6. The van der Waals surface area contributed by atoms with E-state index in [-0.39, 0.29) is 29.1 Å². The molecule has 2 atom stereocenters. The molecule has 1 heterocycles. The fourth-order valence-electron chi connectivity index (χ4n) is 3.34. The average Bonchev–Trinajstić information content (AvgIpc) is 2.87. The highest BCUT2D eigenvalue weighted by atomic mass is 35.5. The molecule has 1 saturated carbocycles. The highest BCUT2D eigenvalue weighted by molar-refractivity contribution is 6.32. The van der Waals surface area contributed by atoms with Gasteiger partial charge < -0.3 is 19.5 Å². The van der Waals surface area contributed by atoms with E-state index in [4.69, 9.17) is 25.8 Å². The normalized spacial score (nSPS) is 22.2. The van der Waals surface area contributed by atoms with E-state index in [0.29, 0.717) is 30.6 Å². The molecule has 0 unspecified atom stereocenters. The number of nitrogens with one attached hydrogen (secondary N) is 1. The van der Waals surface area contributed by atoms with E-state index in [2.05, 4.69) is 12.2 Å². The molecular formula is C19H24ClNO5. The fraction of sp³-hybridized carbons (Fsp3) is 0.579. The maximum absolute atomic E-state index is 12.3. The van der Waals surface area contributed by atoms with E-state index in [9.17, 15) is 9.59 Å². The maximum Gasteiger partial charge on any atom is 0.338 e. The van der Waals surface area contributed by atoms with Gasteiger partial charge in [0.25, 0.3) is 5.91 Å². The van der Waals surface area contributed by atoms with Crippen molar-refractivity contribution in [2.45, 2.75) is 45.1 Å². The summed E-state index contributed by atoms with van der Waals surface area (Å²) in [5.74, 6) is 0.406. The van der Waals surface area contributed by atoms with Crippen LogP contribution < -0.4 is 14.8 Å². The Hall–Kier alpha value is -1.95. The van der Waals surface area contributed by atoms with Crippen molar-refractivity contribution in [3.63, 3.8) is 0 Å². The first-order valence-electron chi connectivity index (χ1n) is 9.10. The summed E-state index contributed by atoms with van der Waals surface area (Å²) in [5, 5.41) is 3.25. The average molecular weight is 382 g/mol. The van der Waals surface area contributed by atoms with Crippen LogP contribution in [-0.4, -0.2) is 37.7 Å². The summed E-state index contributed by atoms with van der Waals surface area (Å²) in [4.78, 5) is 24.4. The molecular weight excluding hydrogens is 358 g/mol. The molecule has 2 aliphatic rings. The number of fused-ring (bicyclic) bond motifs is 1. The molecule has 3 rings (SSSR count). The standard InChI is InChI=1S/C19H24ClNO5/c1-12-5-2-3-6-15(12)21-17(22)11-26-19(23)13-9-14(20)18-16(10-13)24-7-4-8-25-18/h9-10,12,15H,2-8,11H2,1H3,(H,21,22)/t12-,15-/m0/s1. The number of hydrogen-bond acceptors (Lipinski definition) is 5. The summed E-state index contributed by atoms with van der Waals surface area (Å²) < 4.78 is 16.2. The van der Waals surface area contributed by atoms with Gasteiger partial charge in [0, 0.05) is 12.5 Å². The zero-order chi connectivity index (χ0) is 18.5. The first-order chi connectivity index (χ1) is 12.5. The molecule has 1 aromatic carbocycles. The van der Waals surface area contributed by atoms with Crippen molar-refractivity contribution in [3.8, 4) is 11.5 Å². The van der Waals surface area contributed by atoms with Gasteiger partial charge in [0.15, 0.2) is 18.1 Å². The summed E-state index contributed by atoms with van der Waals surface area (Å²) in [5.41, 5.74) is 0.234. The molecule has 142 valence electrons. The lowest BCUT2D eigenvalue weighted by molar-refractivity contribution is -0.125. The second-order valence-corrected chi connectivity index (χ2v) is 7.25. The van der Waals surface area contributed by atoms with Gasteiger partial charge in [-0.05, 0) is 30.9 Å². The Labute approximate surface area is 158 Å². The fourth-order valence-corrected chi connectivity index (χ4v) is 3.61. The summed E-state index contributed by atoms with van der Waals surface area (Å²) in [6.45, 7) is 2.82. The van der Waals surface area contributed by atoms with Crippen LogP contribution in [0.15, 0.2) is 12.1 Å². The van der Waals surface area contributed by atoms with Gasteiger partial charge in [-0.15, -0.1) is 0 Å². The van der Waals surface area contributed by atoms with Gasteiger partial charge in [0.2, 0.25) is 0 Å². The first kappa shape index (κ1) is 18.8. The maximum atomic E-state index is 12.3. The van der Waals surface area contributed by atoms with Crippen molar-refractivity contribution in [2.24, 2.45) is 5.92 Å². The molecule has 6 nitrogen and oxygen atoms in total. The quantitative estimate of drug-likeness (QED) is 0.809. The van der Waals surface area contributed by atoms with Crippen molar-refractivity contribution in [1.82, 2.24) is 5.32 Å². The van der Waals surface area contributed by atoms with Crippen molar-refractivity contribution in [2.75, 3.05) is 19.8 Å². The number of carbonyl (C=O) groups excluding carboxylic acids is 2. The minimum absolute atomic E-state index is 0.155. The van der Waals surface area contributed by atoms with Crippen LogP contribution in [0.3, 0.4) is 0 Å². The molecule has 7 heteroatoms. The van der Waals surface area contributed by atoms with Crippen molar-refractivity contribution in [1.29, 1.82) is 0 Å². The smallest absolute Gasteiger partial charge is 0.338 e. The Bertz CT molecular complexity index is 678. The molecule has 0 bridgehead atoms. The summed E-state index contributed by atoms with van der Waals surface area (Å²) in [6, 6.07) is 3.16. The number of esters is 1. The van der Waals surface area contributed by atoms with E-state index in [1.54, 1.807) is 0 Å². The van der Waals surface area contributed by atoms with E-state index in [0.717, 1.165) is 25.7 Å². The number of rotatable bonds is 4. The Morgan fingerprint density at radius 2 is 1.96 bits per heavy atom. The van der Waals surface area contributed by atoms with Crippen LogP contribution in [0, 0.1) is 5.92 Å². The number of ether oxygens (including phenoxy) is 3. The molecule has 0 radical (unpaired) electrons. The Kier molecular flexibility index (Phi) is 6.25. The molecule has 26 heavy (non-hydrogen) atoms. The van der Waals surface area contributed by atoms with Crippen molar-refractivity contribution >= 4 is 23.5 Å². The summed E-state index contributed by atoms with van der Waals surface area (Å²) in [6.07, 6.45) is 5.14. The number of carbonyl (C=O) groups is 2. The van der Waals surface area contributed by atoms with Crippen LogP contribution in [0.5, 0.6) is 11.5 Å². The van der Waals surface area contributed by atoms with Crippen LogP contribution in [0.1, 0.15) is 49.4 Å². The second-order valence-electron chi connectivity index (χ2n) is 6.85. The van der Waals surface area contributed by atoms with E-state index in [1.165, 1.54) is 18.6 Å². The number of benzene rings is 1. The molecule has 1 aromatic rings. The van der Waals surface area contributed by atoms with Gasteiger partial charge in [-0.25, -0.2) is 4.79 Å². The molecule has 1 fully saturated rings. The summed E-state index contributed by atoms with van der Waals surface area (Å²) >= 11 is 6.18. The third kappa shape index (κ3) is 4.61. The lowest BCUT2D eigenvalue weighted by Crippen LogP contribution is -2.42. The van der Waals surface area contributed by atoms with Gasteiger partial charge in [0.1, 0.15) is 0 Å². The minimum Gasteiger partial charge on any atom is -0.489 e. The molecule has 1 aliphatic carbocycles. The van der Waals surface area contributed by atoms with Crippen molar-refractivity contribution < 1.29 is 23.8 Å². The molecule has 1 N–H and O–H groups in total. The third-order valence-electron chi connectivity index (χ3n) is 4.83. The number of halogens is 1. The zero-order valence-electron chi connectivity index (χ0n) is 14.9. The van der Waals surface area contributed by atoms with Gasteiger partial charge in [-0.2, -0.15) is 0 Å². The largest absolute Gasteiger partial charge is 0.489 e. The Morgan fingerprint density at radius 3 is 2.77 bits per heavy atom. The molecule has 0 spiro atoms. The summed E-state index contributed by atoms with van der Waals surface area (Å²) in [7, 11) is 0. The third-order valence-corrected chi connectivity index (χ3v) is 5.11. The van der Waals surface area contributed by atoms with Crippen LogP contribution in [0.4, 0.5) is 0 Å². The lowest BCUT2D eigenvalue weighted by atomic mass is 9.86. The van der Waals surface area contributed by atoms with Crippen LogP contribution in [-0.2, 0) is 9.53 Å². The molecule has 0 aromatic heterocycles. The predicted octanol–water partition coefficient (Wildman–Crippen LogP) is 3.35. The topological polar surface area (TPSA) is 73.9 Å². The van der Waals surface area contributed by atoms with Gasteiger partial charge in [-0.1, -0.05) is 31.4 Å². The highest BCUT2D eigenvalue weighted by Gasteiger charge is 2.24. The SMILES string of the molecule is C[C@H]1CCCC[C@@H]1NC(=O)COC(=O)c1cc(Cl)c2c(c1)OCCCO2. The Morgan fingerprint density at radius 1 is 1.19 bits per heavy atom. The predicted molar refractivity (Wildman–Crippen MR) is 96.9 cm³/mol. The lowest BCUT2D eigenvalue weighted by Gasteiger charge is -2.29. The van der Waals surface area contributed by atoms with Gasteiger partial charge in [-0.3, -0.25) is 4.79 Å². The molecule has 1 amide bonds. The number of hydrogen-bond donors (Lipinski definition) is 1. The van der Waals surface area contributed by atoms with Gasteiger partial charge >= 0.3 is 5.97 Å². The van der Waals surface area contributed by atoms with E-state index >= 15 is 0 Å². The van der Waals surface area contributed by atoms with E-state index in [1.807, 2.05) is 0 Å². The Balaban J connectivity index is 1.57. The van der Waals surface area contributed by atoms with Crippen LogP contribution >= 0.6 is 11.6 Å². The molecule has 0 saturated heterocycles. The first-order valence-corrected chi connectivity index (χ1v) is 9.48. The van der Waals surface area contributed by atoms with Crippen LogP contribution in [0.2, 0.25) is 5.02 Å².